The van der Waals surface area contributed by atoms with Gasteiger partial charge in [0.25, 0.3) is 0 Å². The van der Waals surface area contributed by atoms with Crippen LogP contribution < -0.4 is 5.73 Å². The highest BCUT2D eigenvalue weighted by Gasteiger charge is 2.40. The summed E-state index contributed by atoms with van der Waals surface area (Å²) in [5.74, 6) is 1.37. The van der Waals surface area contributed by atoms with Crippen molar-refractivity contribution in [2.75, 3.05) is 13.6 Å². The molecular weight excluding hydrogens is 260 g/mol. The SMILES string of the molecule is CN(C1CCCCC1O)C1CC(C(C)(C)C)CCC1CN. The Balaban J connectivity index is 2.08. The van der Waals surface area contributed by atoms with Gasteiger partial charge in [-0.15, -0.1) is 0 Å². The molecule has 3 heteroatoms. The first-order valence-corrected chi connectivity index (χ1v) is 8.94. The molecule has 0 aromatic rings. The molecule has 2 aliphatic carbocycles. The summed E-state index contributed by atoms with van der Waals surface area (Å²) in [6, 6.07) is 0.891. The molecule has 2 rings (SSSR count). The zero-order valence-electron chi connectivity index (χ0n) is 14.5. The first kappa shape index (κ1) is 17.2. The number of likely N-dealkylation sites (N-methyl/N-ethyl adjacent to an activating group) is 1. The maximum atomic E-state index is 10.4. The summed E-state index contributed by atoms with van der Waals surface area (Å²) in [6.07, 6.45) is 8.21. The molecule has 0 amide bonds. The van der Waals surface area contributed by atoms with Crippen LogP contribution in [0.2, 0.25) is 0 Å². The van der Waals surface area contributed by atoms with Crippen LogP contribution in [0, 0.1) is 17.3 Å². The molecule has 0 radical (unpaired) electrons. The summed E-state index contributed by atoms with van der Waals surface area (Å²) in [5.41, 5.74) is 6.44. The van der Waals surface area contributed by atoms with Gasteiger partial charge in [0.1, 0.15) is 0 Å². The van der Waals surface area contributed by atoms with Crippen molar-refractivity contribution in [3.63, 3.8) is 0 Å². The largest absolute Gasteiger partial charge is 0.391 e. The lowest BCUT2D eigenvalue weighted by Gasteiger charge is -2.48. The third-order valence-electron chi connectivity index (χ3n) is 6.22. The second kappa shape index (κ2) is 6.97. The predicted molar refractivity (Wildman–Crippen MR) is 89.2 cm³/mol. The van der Waals surface area contributed by atoms with E-state index in [-0.39, 0.29) is 6.10 Å². The van der Waals surface area contributed by atoms with Gasteiger partial charge in [0.15, 0.2) is 0 Å². The van der Waals surface area contributed by atoms with E-state index in [9.17, 15) is 5.11 Å². The van der Waals surface area contributed by atoms with Gasteiger partial charge in [0, 0.05) is 12.1 Å². The normalized spacial score (nSPS) is 38.7. The van der Waals surface area contributed by atoms with E-state index in [4.69, 9.17) is 5.73 Å². The van der Waals surface area contributed by atoms with Crippen molar-refractivity contribution >= 4 is 0 Å². The molecule has 0 aromatic heterocycles. The summed E-state index contributed by atoms with van der Waals surface area (Å²) < 4.78 is 0. The van der Waals surface area contributed by atoms with E-state index >= 15 is 0 Å². The summed E-state index contributed by atoms with van der Waals surface area (Å²) in [5, 5.41) is 10.4. The van der Waals surface area contributed by atoms with Crippen molar-refractivity contribution in [2.24, 2.45) is 23.0 Å². The Morgan fingerprint density at radius 2 is 1.71 bits per heavy atom. The van der Waals surface area contributed by atoms with Crippen LogP contribution in [-0.4, -0.2) is 41.8 Å². The van der Waals surface area contributed by atoms with Gasteiger partial charge in [0.05, 0.1) is 6.10 Å². The monoisotopic (exact) mass is 296 g/mol. The molecule has 2 fully saturated rings. The quantitative estimate of drug-likeness (QED) is 0.841. The fraction of sp³-hybridized carbons (Fsp3) is 1.00. The van der Waals surface area contributed by atoms with Crippen LogP contribution in [0.5, 0.6) is 0 Å². The highest BCUT2D eigenvalue weighted by Crippen LogP contribution is 2.42. The van der Waals surface area contributed by atoms with Crippen LogP contribution in [-0.2, 0) is 0 Å². The maximum absolute atomic E-state index is 10.4. The molecular formula is C18H36N2O. The summed E-state index contributed by atoms with van der Waals surface area (Å²) in [6.45, 7) is 7.89. The molecule has 0 saturated heterocycles. The van der Waals surface area contributed by atoms with Gasteiger partial charge >= 0.3 is 0 Å². The highest BCUT2D eigenvalue weighted by molar-refractivity contribution is 4.94. The second-order valence-electron chi connectivity index (χ2n) is 8.52. The number of hydrogen-bond acceptors (Lipinski definition) is 3. The third kappa shape index (κ3) is 4.00. The van der Waals surface area contributed by atoms with E-state index in [2.05, 4.69) is 32.7 Å². The van der Waals surface area contributed by atoms with Gasteiger partial charge in [-0.1, -0.05) is 33.6 Å². The number of aliphatic hydroxyl groups excluding tert-OH is 1. The minimum Gasteiger partial charge on any atom is -0.391 e. The lowest BCUT2D eigenvalue weighted by atomic mass is 9.67. The zero-order valence-corrected chi connectivity index (χ0v) is 14.5. The van der Waals surface area contributed by atoms with E-state index in [1.165, 1.54) is 32.1 Å². The average Bonchev–Trinajstić information content (AvgIpc) is 2.45. The van der Waals surface area contributed by atoms with Gasteiger partial charge < -0.3 is 10.8 Å². The first-order chi connectivity index (χ1) is 9.84. The lowest BCUT2D eigenvalue weighted by molar-refractivity contribution is -0.0255. The third-order valence-corrected chi connectivity index (χ3v) is 6.22. The Bertz CT molecular complexity index is 326. The van der Waals surface area contributed by atoms with E-state index in [1.807, 2.05) is 0 Å². The van der Waals surface area contributed by atoms with Crippen molar-refractivity contribution in [2.45, 2.75) is 83.9 Å². The molecule has 0 aliphatic heterocycles. The van der Waals surface area contributed by atoms with E-state index in [1.54, 1.807) is 0 Å². The molecule has 2 aliphatic rings. The molecule has 0 spiro atoms. The van der Waals surface area contributed by atoms with Crippen LogP contribution in [0.1, 0.15) is 65.7 Å². The highest BCUT2D eigenvalue weighted by atomic mass is 16.3. The maximum Gasteiger partial charge on any atom is 0.0695 e. The summed E-state index contributed by atoms with van der Waals surface area (Å²) >= 11 is 0. The van der Waals surface area contributed by atoms with Gasteiger partial charge in [-0.05, 0) is 62.9 Å². The number of nitrogens with two attached hydrogens (primary N) is 1. The molecule has 3 nitrogen and oxygen atoms in total. The molecule has 0 bridgehead atoms. The van der Waals surface area contributed by atoms with E-state index in [0.29, 0.717) is 23.4 Å². The minimum atomic E-state index is -0.141. The average molecular weight is 296 g/mol. The van der Waals surface area contributed by atoms with Gasteiger partial charge in [-0.3, -0.25) is 4.90 Å². The smallest absolute Gasteiger partial charge is 0.0695 e. The second-order valence-corrected chi connectivity index (χ2v) is 8.52. The zero-order chi connectivity index (χ0) is 15.6. The van der Waals surface area contributed by atoms with Crippen molar-refractivity contribution in [1.29, 1.82) is 0 Å². The summed E-state index contributed by atoms with van der Waals surface area (Å²) in [7, 11) is 2.23. The van der Waals surface area contributed by atoms with E-state index in [0.717, 1.165) is 25.3 Å². The molecule has 21 heavy (non-hydrogen) atoms. The van der Waals surface area contributed by atoms with Crippen LogP contribution in [0.15, 0.2) is 0 Å². The van der Waals surface area contributed by atoms with Gasteiger partial charge in [-0.25, -0.2) is 0 Å². The lowest BCUT2D eigenvalue weighted by Crippen LogP contribution is -2.54. The van der Waals surface area contributed by atoms with Crippen LogP contribution >= 0.6 is 0 Å². The Morgan fingerprint density at radius 1 is 1.05 bits per heavy atom. The van der Waals surface area contributed by atoms with Crippen LogP contribution in [0.3, 0.4) is 0 Å². The van der Waals surface area contributed by atoms with Crippen LogP contribution in [0.4, 0.5) is 0 Å². The van der Waals surface area contributed by atoms with Gasteiger partial charge in [-0.2, -0.15) is 0 Å². The van der Waals surface area contributed by atoms with Gasteiger partial charge in [0.2, 0.25) is 0 Å². The molecule has 3 N–H and O–H groups in total. The minimum absolute atomic E-state index is 0.141. The Kier molecular flexibility index (Phi) is 5.72. The standard InChI is InChI=1S/C18H36N2O/c1-18(2,3)14-10-9-13(12-19)16(11-14)20(4)15-7-5-6-8-17(15)21/h13-17,21H,5-12,19H2,1-4H3. The molecule has 5 atom stereocenters. The predicted octanol–water partition coefficient (Wildman–Crippen LogP) is 3.01. The Hall–Kier alpha value is -0.120. The fourth-order valence-corrected chi connectivity index (χ4v) is 4.58. The van der Waals surface area contributed by atoms with Crippen molar-refractivity contribution in [3.05, 3.63) is 0 Å². The van der Waals surface area contributed by atoms with E-state index < -0.39 is 0 Å². The number of nitrogens with zero attached hydrogens (tertiary/aromatic N) is 1. The number of aliphatic hydroxyl groups is 1. The molecule has 124 valence electrons. The first-order valence-electron chi connectivity index (χ1n) is 8.94. The molecule has 5 unspecified atom stereocenters. The Morgan fingerprint density at radius 3 is 2.29 bits per heavy atom. The topological polar surface area (TPSA) is 49.5 Å². The molecule has 0 aromatic carbocycles. The summed E-state index contributed by atoms with van der Waals surface area (Å²) in [4.78, 5) is 2.50. The number of hydrogen-bond donors (Lipinski definition) is 2. The van der Waals surface area contributed by atoms with Crippen molar-refractivity contribution < 1.29 is 5.11 Å². The molecule has 2 saturated carbocycles. The fourth-order valence-electron chi connectivity index (χ4n) is 4.58. The Labute approximate surface area is 131 Å². The van der Waals surface area contributed by atoms with Crippen molar-refractivity contribution in [3.8, 4) is 0 Å². The van der Waals surface area contributed by atoms with Crippen molar-refractivity contribution in [1.82, 2.24) is 4.90 Å². The molecule has 0 heterocycles. The number of rotatable bonds is 3. The van der Waals surface area contributed by atoms with Crippen LogP contribution in [0.25, 0.3) is 0 Å².